The van der Waals surface area contributed by atoms with Crippen molar-refractivity contribution in [1.82, 2.24) is 0 Å². The van der Waals surface area contributed by atoms with E-state index in [9.17, 15) is 4.39 Å². The topological polar surface area (TPSA) is 3.24 Å². The van der Waals surface area contributed by atoms with Crippen molar-refractivity contribution in [2.45, 2.75) is 0 Å². The highest BCUT2D eigenvalue weighted by molar-refractivity contribution is 7.80. The van der Waals surface area contributed by atoms with Crippen LogP contribution in [0.5, 0.6) is 0 Å². The van der Waals surface area contributed by atoms with Crippen LogP contribution in [0.15, 0.2) is 78.9 Å². The molecule has 0 fully saturated rings. The molecule has 3 aromatic rings. The Hall–Kier alpha value is -2.18. The number of hydrogen-bond donors (Lipinski definition) is 0. The summed E-state index contributed by atoms with van der Waals surface area (Å²) in [5.41, 5.74) is 1.06. The maximum Gasteiger partial charge on any atom is 0.124 e. The van der Waals surface area contributed by atoms with Crippen molar-refractivity contribution >= 4 is 29.5 Å². The van der Waals surface area contributed by atoms with Gasteiger partial charge in [-0.2, -0.15) is 0 Å². The van der Waals surface area contributed by atoms with Crippen molar-refractivity contribution in [3.05, 3.63) is 84.7 Å². The fourth-order valence-corrected chi connectivity index (χ4v) is 5.19. The molecule has 0 spiro atoms. The van der Waals surface area contributed by atoms with Crippen LogP contribution in [0.1, 0.15) is 0 Å². The van der Waals surface area contributed by atoms with Gasteiger partial charge in [-0.1, -0.05) is 60.7 Å². The fourth-order valence-electron chi connectivity index (χ4n) is 2.64. The SMILES string of the molecule is CN(C)c1ccc(F)cc1P(c1ccccc1)c1ccccc1. The van der Waals surface area contributed by atoms with E-state index in [0.717, 1.165) is 11.0 Å². The number of benzene rings is 3. The maximum atomic E-state index is 14.0. The molecular weight excluding hydrogens is 304 g/mol. The summed E-state index contributed by atoms with van der Waals surface area (Å²) in [6.45, 7) is 0. The van der Waals surface area contributed by atoms with E-state index in [1.165, 1.54) is 16.7 Å². The lowest BCUT2D eigenvalue weighted by atomic mass is 10.3. The standard InChI is InChI=1S/C20H19FNP/c1-22(2)19-14-13-16(21)15-20(19)23(17-9-5-3-6-10-17)18-11-7-4-8-12-18/h3-15H,1-2H3. The van der Waals surface area contributed by atoms with Gasteiger partial charge in [-0.3, -0.25) is 0 Å². The smallest absolute Gasteiger partial charge is 0.124 e. The molecule has 0 aliphatic heterocycles. The van der Waals surface area contributed by atoms with Crippen LogP contribution in [-0.4, -0.2) is 14.1 Å². The van der Waals surface area contributed by atoms with Crippen molar-refractivity contribution < 1.29 is 4.39 Å². The molecule has 0 heterocycles. The Morgan fingerprint density at radius 3 is 1.74 bits per heavy atom. The lowest BCUT2D eigenvalue weighted by Gasteiger charge is -2.25. The monoisotopic (exact) mass is 323 g/mol. The van der Waals surface area contributed by atoms with E-state index in [1.54, 1.807) is 6.07 Å². The molecular formula is C20H19FNP. The number of hydrogen-bond acceptors (Lipinski definition) is 1. The third kappa shape index (κ3) is 3.43. The summed E-state index contributed by atoms with van der Waals surface area (Å²) in [4.78, 5) is 2.05. The molecule has 1 nitrogen and oxygen atoms in total. The van der Waals surface area contributed by atoms with Gasteiger partial charge >= 0.3 is 0 Å². The molecule has 0 unspecified atom stereocenters. The molecule has 0 amide bonds. The van der Waals surface area contributed by atoms with Crippen LogP contribution < -0.4 is 20.8 Å². The molecule has 0 bridgehead atoms. The van der Waals surface area contributed by atoms with Gasteiger partial charge in [-0.15, -0.1) is 0 Å². The van der Waals surface area contributed by atoms with Crippen LogP contribution in [0.3, 0.4) is 0 Å². The van der Waals surface area contributed by atoms with E-state index in [1.807, 2.05) is 56.6 Å². The minimum absolute atomic E-state index is 0.190. The highest BCUT2D eigenvalue weighted by Crippen LogP contribution is 2.36. The average molecular weight is 323 g/mol. The Morgan fingerprint density at radius 2 is 1.26 bits per heavy atom. The third-order valence-electron chi connectivity index (χ3n) is 3.69. The Morgan fingerprint density at radius 1 is 0.739 bits per heavy atom. The average Bonchev–Trinajstić information content (AvgIpc) is 2.57. The van der Waals surface area contributed by atoms with Gasteiger partial charge in [-0.25, -0.2) is 4.39 Å². The minimum Gasteiger partial charge on any atom is -0.377 e. The summed E-state index contributed by atoms with van der Waals surface area (Å²) >= 11 is 0. The first-order valence-electron chi connectivity index (χ1n) is 7.54. The van der Waals surface area contributed by atoms with Crippen LogP contribution in [0.2, 0.25) is 0 Å². The van der Waals surface area contributed by atoms with Gasteiger partial charge in [0.25, 0.3) is 0 Å². The largest absolute Gasteiger partial charge is 0.377 e. The second-order valence-corrected chi connectivity index (χ2v) is 7.72. The second-order valence-electron chi connectivity index (χ2n) is 5.53. The van der Waals surface area contributed by atoms with Gasteiger partial charge in [0, 0.05) is 25.1 Å². The summed E-state index contributed by atoms with van der Waals surface area (Å²) in [7, 11) is 3.20. The lowest BCUT2D eigenvalue weighted by Crippen LogP contribution is -2.26. The molecule has 0 aromatic heterocycles. The summed E-state index contributed by atoms with van der Waals surface area (Å²) in [5, 5.41) is 3.49. The van der Waals surface area contributed by atoms with Gasteiger partial charge < -0.3 is 4.90 Å². The third-order valence-corrected chi connectivity index (χ3v) is 6.16. The quantitative estimate of drug-likeness (QED) is 0.663. The molecule has 0 radical (unpaired) electrons. The van der Waals surface area contributed by atoms with E-state index >= 15 is 0 Å². The summed E-state index contributed by atoms with van der Waals surface area (Å²) in [6, 6.07) is 25.8. The molecule has 0 saturated heterocycles. The van der Waals surface area contributed by atoms with Crippen molar-refractivity contribution in [3.63, 3.8) is 0 Å². The number of halogens is 1. The van der Waals surface area contributed by atoms with Gasteiger partial charge in [0.1, 0.15) is 5.82 Å². The molecule has 3 aromatic carbocycles. The number of anilines is 1. The van der Waals surface area contributed by atoms with E-state index in [2.05, 4.69) is 29.2 Å². The summed E-state index contributed by atoms with van der Waals surface area (Å²) in [6.07, 6.45) is 0. The van der Waals surface area contributed by atoms with Crippen LogP contribution in [0, 0.1) is 5.82 Å². The zero-order valence-corrected chi connectivity index (χ0v) is 14.2. The molecule has 0 saturated carbocycles. The normalized spacial score (nSPS) is 10.8. The predicted octanol–water partition coefficient (Wildman–Crippen LogP) is 3.65. The Labute approximate surface area is 138 Å². The van der Waals surface area contributed by atoms with Crippen molar-refractivity contribution in [3.8, 4) is 0 Å². The predicted molar refractivity (Wildman–Crippen MR) is 99.4 cm³/mol. The van der Waals surface area contributed by atoms with Gasteiger partial charge in [0.05, 0.1) is 0 Å². The second kappa shape index (κ2) is 6.93. The van der Waals surface area contributed by atoms with Crippen LogP contribution in [-0.2, 0) is 0 Å². The van der Waals surface area contributed by atoms with Crippen LogP contribution >= 0.6 is 7.92 Å². The molecule has 0 atom stereocenters. The van der Waals surface area contributed by atoms with Gasteiger partial charge in [0.2, 0.25) is 0 Å². The summed E-state index contributed by atoms with van der Waals surface area (Å²) < 4.78 is 14.0. The van der Waals surface area contributed by atoms with Gasteiger partial charge in [0.15, 0.2) is 0 Å². The molecule has 116 valence electrons. The molecule has 3 heteroatoms. The van der Waals surface area contributed by atoms with E-state index < -0.39 is 7.92 Å². The molecule has 0 aliphatic carbocycles. The Kier molecular flexibility index (Phi) is 4.73. The Bertz CT molecular complexity index is 733. The lowest BCUT2D eigenvalue weighted by molar-refractivity contribution is 0.629. The first-order chi connectivity index (χ1) is 11.2. The van der Waals surface area contributed by atoms with Crippen LogP contribution in [0.25, 0.3) is 0 Å². The van der Waals surface area contributed by atoms with E-state index in [4.69, 9.17) is 0 Å². The highest BCUT2D eigenvalue weighted by atomic mass is 31.1. The zero-order valence-electron chi connectivity index (χ0n) is 13.3. The fraction of sp³-hybridized carbons (Fsp3) is 0.100. The molecule has 23 heavy (non-hydrogen) atoms. The number of nitrogens with zero attached hydrogens (tertiary/aromatic N) is 1. The first kappa shape index (κ1) is 15.7. The van der Waals surface area contributed by atoms with Gasteiger partial charge in [-0.05, 0) is 36.7 Å². The minimum atomic E-state index is -0.797. The van der Waals surface area contributed by atoms with Crippen molar-refractivity contribution in [1.29, 1.82) is 0 Å². The van der Waals surface area contributed by atoms with Crippen molar-refractivity contribution in [2.75, 3.05) is 19.0 Å². The highest BCUT2D eigenvalue weighted by Gasteiger charge is 2.20. The van der Waals surface area contributed by atoms with Crippen molar-refractivity contribution in [2.24, 2.45) is 0 Å². The van der Waals surface area contributed by atoms with E-state index in [0.29, 0.717) is 0 Å². The maximum absolute atomic E-state index is 14.0. The van der Waals surface area contributed by atoms with Crippen LogP contribution in [0.4, 0.5) is 10.1 Å². The molecule has 3 rings (SSSR count). The molecule has 0 aliphatic rings. The molecule has 0 N–H and O–H groups in total. The summed E-state index contributed by atoms with van der Waals surface area (Å²) in [5.74, 6) is -0.190. The zero-order chi connectivity index (χ0) is 16.2. The first-order valence-corrected chi connectivity index (χ1v) is 8.88. The number of rotatable bonds is 4. The van der Waals surface area contributed by atoms with E-state index in [-0.39, 0.29) is 5.82 Å². The Balaban J connectivity index is 2.23.